The van der Waals surface area contributed by atoms with Gasteiger partial charge < -0.3 is 19.3 Å². The van der Waals surface area contributed by atoms with E-state index in [0.717, 1.165) is 18.0 Å². The van der Waals surface area contributed by atoms with Crippen molar-refractivity contribution in [2.24, 2.45) is 0 Å². The minimum atomic E-state index is -1.03. The molecule has 1 aromatic rings. The number of aromatic nitrogens is 3. The molecular formula is C12H16N4O4S. The smallest absolute Gasteiger partial charge is 0.334 e. The van der Waals surface area contributed by atoms with Gasteiger partial charge in [0, 0.05) is 12.6 Å². The van der Waals surface area contributed by atoms with Crippen LogP contribution < -0.4 is 0 Å². The highest BCUT2D eigenvalue weighted by atomic mass is 32.2. The molecule has 8 nitrogen and oxygen atoms in total. The molecular weight excluding hydrogens is 296 g/mol. The van der Waals surface area contributed by atoms with Crippen molar-refractivity contribution in [2.45, 2.75) is 30.1 Å². The van der Waals surface area contributed by atoms with Crippen molar-refractivity contribution in [2.75, 3.05) is 25.4 Å². The quantitative estimate of drug-likeness (QED) is 0.765. The van der Waals surface area contributed by atoms with Gasteiger partial charge in [0.15, 0.2) is 11.3 Å². The first-order valence-electron chi connectivity index (χ1n) is 6.79. The number of carboxylic acid groups (broad SMARTS) is 1. The van der Waals surface area contributed by atoms with Gasteiger partial charge in [0.25, 0.3) is 0 Å². The Balaban J connectivity index is 1.53. The van der Waals surface area contributed by atoms with Crippen LogP contribution in [0, 0.1) is 0 Å². The van der Waals surface area contributed by atoms with E-state index in [0.29, 0.717) is 12.6 Å². The number of carbonyl (C=O) groups is 2. The van der Waals surface area contributed by atoms with Gasteiger partial charge in [0.2, 0.25) is 5.91 Å². The molecule has 21 heavy (non-hydrogen) atoms. The highest BCUT2D eigenvalue weighted by molar-refractivity contribution is 7.99. The first-order valence-corrected chi connectivity index (χ1v) is 7.78. The van der Waals surface area contributed by atoms with E-state index in [2.05, 4.69) is 10.2 Å². The summed E-state index contributed by atoms with van der Waals surface area (Å²) in [5, 5.41) is 17.6. The fourth-order valence-electron chi connectivity index (χ4n) is 2.18. The molecule has 1 aromatic heterocycles. The predicted octanol–water partition coefficient (Wildman–Crippen LogP) is 0.0171. The third kappa shape index (κ3) is 3.35. The summed E-state index contributed by atoms with van der Waals surface area (Å²) in [4.78, 5) is 24.6. The van der Waals surface area contributed by atoms with Crippen molar-refractivity contribution >= 4 is 23.6 Å². The molecule has 1 aliphatic carbocycles. The van der Waals surface area contributed by atoms with Crippen molar-refractivity contribution in [3.63, 3.8) is 0 Å². The van der Waals surface area contributed by atoms with Crippen LogP contribution in [-0.2, 0) is 14.3 Å². The number of ether oxygens (including phenoxy) is 1. The van der Waals surface area contributed by atoms with Crippen molar-refractivity contribution < 1.29 is 19.4 Å². The number of morpholine rings is 1. The molecule has 9 heteroatoms. The van der Waals surface area contributed by atoms with Gasteiger partial charge in [-0.05, 0) is 12.8 Å². The summed E-state index contributed by atoms with van der Waals surface area (Å²) < 4.78 is 7.10. The summed E-state index contributed by atoms with van der Waals surface area (Å²) in [6.07, 6.45) is 3.02. The van der Waals surface area contributed by atoms with E-state index in [-0.39, 0.29) is 24.8 Å². The topological polar surface area (TPSA) is 97.5 Å². The van der Waals surface area contributed by atoms with E-state index in [1.807, 2.05) is 4.57 Å². The number of hydrogen-bond acceptors (Lipinski definition) is 6. The average Bonchev–Trinajstić information content (AvgIpc) is 3.23. The maximum atomic E-state index is 12.2. The van der Waals surface area contributed by atoms with Gasteiger partial charge in [-0.2, -0.15) is 0 Å². The molecule has 0 radical (unpaired) electrons. The zero-order valence-corrected chi connectivity index (χ0v) is 12.2. The summed E-state index contributed by atoms with van der Waals surface area (Å²) in [7, 11) is 0. The molecule has 1 amide bonds. The molecule has 0 aromatic carbocycles. The lowest BCUT2D eigenvalue weighted by Crippen LogP contribution is -2.49. The number of carbonyl (C=O) groups excluding carboxylic acids is 1. The number of amides is 1. The van der Waals surface area contributed by atoms with Crippen molar-refractivity contribution in [1.29, 1.82) is 0 Å². The van der Waals surface area contributed by atoms with Gasteiger partial charge in [0.1, 0.15) is 6.33 Å². The summed E-state index contributed by atoms with van der Waals surface area (Å²) in [6.45, 7) is 0.786. The van der Waals surface area contributed by atoms with E-state index >= 15 is 0 Å². The maximum Gasteiger partial charge on any atom is 0.334 e. The van der Waals surface area contributed by atoms with Gasteiger partial charge in [-0.1, -0.05) is 11.8 Å². The zero-order valence-electron chi connectivity index (χ0n) is 11.3. The second-order valence-corrected chi connectivity index (χ2v) is 6.02. The second kappa shape index (κ2) is 6.02. The summed E-state index contributed by atoms with van der Waals surface area (Å²) in [6, 6.07) is 0.470. The zero-order chi connectivity index (χ0) is 14.8. The number of rotatable bonds is 5. The van der Waals surface area contributed by atoms with Crippen LogP contribution in [0.15, 0.2) is 11.5 Å². The molecule has 1 saturated carbocycles. The predicted molar refractivity (Wildman–Crippen MR) is 73.0 cm³/mol. The number of hydrogen-bond donors (Lipinski definition) is 1. The first kappa shape index (κ1) is 14.3. The van der Waals surface area contributed by atoms with Crippen LogP contribution in [0.2, 0.25) is 0 Å². The maximum absolute atomic E-state index is 12.2. The Labute approximate surface area is 125 Å². The lowest BCUT2D eigenvalue weighted by molar-refractivity contribution is -0.158. The molecule has 1 aliphatic heterocycles. The minimum Gasteiger partial charge on any atom is -0.479 e. The number of thioether (sulfide) groups is 1. The number of nitrogens with zero attached hydrogens (tertiary/aromatic N) is 4. The summed E-state index contributed by atoms with van der Waals surface area (Å²) in [5.74, 6) is -0.897. The third-order valence-corrected chi connectivity index (χ3v) is 4.44. The fourth-order valence-corrected chi connectivity index (χ4v) is 3.07. The van der Waals surface area contributed by atoms with Crippen LogP contribution in [0.3, 0.4) is 0 Å². The Morgan fingerprint density at radius 3 is 3.00 bits per heavy atom. The molecule has 1 unspecified atom stereocenters. The average molecular weight is 312 g/mol. The van der Waals surface area contributed by atoms with Crippen LogP contribution in [0.5, 0.6) is 0 Å². The second-order valence-electron chi connectivity index (χ2n) is 5.08. The molecule has 114 valence electrons. The molecule has 0 spiro atoms. The number of carboxylic acids is 1. The highest BCUT2D eigenvalue weighted by Crippen LogP contribution is 2.37. The van der Waals surface area contributed by atoms with Crippen LogP contribution in [0.4, 0.5) is 0 Å². The van der Waals surface area contributed by atoms with Crippen LogP contribution in [-0.4, -0.2) is 68.2 Å². The van der Waals surface area contributed by atoms with Gasteiger partial charge in [-0.3, -0.25) is 4.79 Å². The molecule has 2 fully saturated rings. The van der Waals surface area contributed by atoms with Gasteiger partial charge >= 0.3 is 5.97 Å². The third-order valence-electron chi connectivity index (χ3n) is 3.50. The Bertz CT molecular complexity index is 545. The summed E-state index contributed by atoms with van der Waals surface area (Å²) in [5.41, 5.74) is 0. The van der Waals surface area contributed by atoms with Crippen LogP contribution >= 0.6 is 11.8 Å². The largest absolute Gasteiger partial charge is 0.479 e. The molecule has 2 heterocycles. The SMILES string of the molecule is O=C(O)C1CN(C(=O)CSc2nncn2C2CC2)CCO1. The van der Waals surface area contributed by atoms with E-state index < -0.39 is 12.1 Å². The van der Waals surface area contributed by atoms with Gasteiger partial charge in [-0.25, -0.2) is 4.79 Å². The molecule has 1 N–H and O–H groups in total. The number of aliphatic carboxylic acids is 1. The Hall–Kier alpha value is -1.61. The summed E-state index contributed by atoms with van der Waals surface area (Å²) >= 11 is 1.34. The fraction of sp³-hybridized carbons (Fsp3) is 0.667. The van der Waals surface area contributed by atoms with Crippen molar-refractivity contribution in [3.8, 4) is 0 Å². The molecule has 1 atom stereocenters. The van der Waals surface area contributed by atoms with E-state index in [9.17, 15) is 9.59 Å². The molecule has 1 saturated heterocycles. The Morgan fingerprint density at radius 1 is 1.48 bits per heavy atom. The van der Waals surface area contributed by atoms with Gasteiger partial charge in [-0.15, -0.1) is 10.2 Å². The van der Waals surface area contributed by atoms with Crippen LogP contribution in [0.25, 0.3) is 0 Å². The lowest BCUT2D eigenvalue weighted by atomic mass is 10.3. The van der Waals surface area contributed by atoms with E-state index in [1.54, 1.807) is 6.33 Å². The van der Waals surface area contributed by atoms with Gasteiger partial charge in [0.05, 0.1) is 18.9 Å². The monoisotopic (exact) mass is 312 g/mol. The normalized spacial score (nSPS) is 22.3. The van der Waals surface area contributed by atoms with Crippen molar-refractivity contribution in [3.05, 3.63) is 6.33 Å². The van der Waals surface area contributed by atoms with E-state index in [4.69, 9.17) is 9.84 Å². The first-order chi connectivity index (χ1) is 10.1. The Kier molecular flexibility index (Phi) is 4.11. The lowest BCUT2D eigenvalue weighted by Gasteiger charge is -2.30. The molecule has 0 bridgehead atoms. The standard InChI is InChI=1S/C12H16N4O4S/c17-10(15-3-4-20-9(5-15)11(18)19)6-21-12-14-13-7-16(12)8-1-2-8/h7-9H,1-6H2,(H,18,19). The minimum absolute atomic E-state index is 0.0973. The molecule has 2 aliphatic rings. The van der Waals surface area contributed by atoms with E-state index in [1.165, 1.54) is 16.7 Å². The Morgan fingerprint density at radius 2 is 2.29 bits per heavy atom. The molecule has 3 rings (SSSR count). The van der Waals surface area contributed by atoms with Crippen LogP contribution in [0.1, 0.15) is 18.9 Å². The van der Waals surface area contributed by atoms with Crippen molar-refractivity contribution in [1.82, 2.24) is 19.7 Å². The highest BCUT2D eigenvalue weighted by Gasteiger charge is 2.30.